The maximum Gasteiger partial charge on any atom is 0.334 e. The normalized spacial score (nSPS) is 11.0. The maximum atomic E-state index is 12.2. The van der Waals surface area contributed by atoms with Crippen LogP contribution in [0.5, 0.6) is 0 Å². The van der Waals surface area contributed by atoms with Gasteiger partial charge in [-0.25, -0.2) is 14.3 Å². The average Bonchev–Trinajstić information content (AvgIpc) is 2.63. The quantitative estimate of drug-likeness (QED) is 0.627. The number of rotatable bonds is 1. The molecule has 0 amide bonds. The predicted octanol–water partition coefficient (Wildman–Crippen LogP) is 1.77. The Hall–Kier alpha value is -2.14. The zero-order chi connectivity index (χ0) is 12.7. The monoisotopic (exact) mass is 260 g/mol. The van der Waals surface area contributed by atoms with Gasteiger partial charge in [0.15, 0.2) is 5.65 Å². The first-order chi connectivity index (χ1) is 8.68. The number of imidazole rings is 1. The van der Waals surface area contributed by atoms with Crippen LogP contribution in [-0.2, 0) is 7.05 Å². The van der Waals surface area contributed by atoms with Crippen LogP contribution in [0.3, 0.4) is 0 Å². The lowest BCUT2D eigenvalue weighted by atomic mass is 10.4. The van der Waals surface area contributed by atoms with Crippen LogP contribution in [0.2, 0.25) is 5.15 Å². The summed E-state index contributed by atoms with van der Waals surface area (Å²) in [6.07, 6.45) is 3.27. The van der Waals surface area contributed by atoms with Crippen LogP contribution >= 0.6 is 11.6 Å². The predicted molar refractivity (Wildman–Crippen MR) is 69.1 cm³/mol. The van der Waals surface area contributed by atoms with Crippen molar-refractivity contribution in [2.75, 3.05) is 0 Å². The number of pyridine rings is 2. The van der Waals surface area contributed by atoms with Crippen molar-refractivity contribution in [3.05, 3.63) is 52.3 Å². The Balaban J connectivity index is 2.46. The van der Waals surface area contributed by atoms with Crippen molar-refractivity contribution in [2.24, 2.45) is 7.05 Å². The molecule has 0 aliphatic rings. The molecular weight excluding hydrogens is 252 g/mol. The number of fused-ring (bicyclic) bond motifs is 1. The van der Waals surface area contributed by atoms with Gasteiger partial charge in [0.25, 0.3) is 0 Å². The molecule has 0 aliphatic carbocycles. The number of hydrogen-bond acceptors (Lipinski definition) is 3. The van der Waals surface area contributed by atoms with E-state index in [-0.39, 0.29) is 5.69 Å². The SMILES string of the molecule is Cn1c(=O)n(-c2cccnc2)c2nc(Cl)ccc21. The molecule has 0 saturated heterocycles. The van der Waals surface area contributed by atoms with E-state index in [1.807, 2.05) is 0 Å². The van der Waals surface area contributed by atoms with Gasteiger partial charge in [-0.3, -0.25) is 9.55 Å². The third kappa shape index (κ3) is 1.52. The zero-order valence-electron chi connectivity index (χ0n) is 9.54. The Bertz CT molecular complexity index is 776. The molecule has 3 rings (SSSR count). The molecule has 5 nitrogen and oxygen atoms in total. The highest BCUT2D eigenvalue weighted by molar-refractivity contribution is 6.29. The lowest BCUT2D eigenvalue weighted by Gasteiger charge is -2.00. The highest BCUT2D eigenvalue weighted by Crippen LogP contribution is 2.16. The molecule has 90 valence electrons. The van der Waals surface area contributed by atoms with Crippen molar-refractivity contribution in [1.82, 2.24) is 19.1 Å². The topological polar surface area (TPSA) is 52.7 Å². The molecule has 0 saturated carbocycles. The minimum Gasteiger partial charge on any atom is -0.293 e. The smallest absolute Gasteiger partial charge is 0.293 e. The molecule has 18 heavy (non-hydrogen) atoms. The van der Waals surface area contributed by atoms with Crippen molar-refractivity contribution in [2.45, 2.75) is 0 Å². The van der Waals surface area contributed by atoms with E-state index in [1.54, 1.807) is 43.7 Å². The van der Waals surface area contributed by atoms with Crippen LogP contribution in [0.25, 0.3) is 16.9 Å². The summed E-state index contributed by atoms with van der Waals surface area (Å²) in [4.78, 5) is 20.4. The van der Waals surface area contributed by atoms with E-state index in [0.29, 0.717) is 16.5 Å². The third-order valence-corrected chi connectivity index (χ3v) is 2.99. The maximum absolute atomic E-state index is 12.2. The van der Waals surface area contributed by atoms with Gasteiger partial charge in [-0.2, -0.15) is 0 Å². The highest BCUT2D eigenvalue weighted by atomic mass is 35.5. The number of halogens is 1. The second kappa shape index (κ2) is 3.96. The van der Waals surface area contributed by atoms with Crippen molar-refractivity contribution in [1.29, 1.82) is 0 Å². The molecule has 0 aliphatic heterocycles. The van der Waals surface area contributed by atoms with Crippen molar-refractivity contribution in [3.63, 3.8) is 0 Å². The summed E-state index contributed by atoms with van der Waals surface area (Å²) < 4.78 is 3.03. The van der Waals surface area contributed by atoms with Gasteiger partial charge >= 0.3 is 5.69 Å². The molecule has 0 N–H and O–H groups in total. The minimum atomic E-state index is -0.173. The van der Waals surface area contributed by atoms with Crippen LogP contribution in [-0.4, -0.2) is 19.1 Å². The fourth-order valence-electron chi connectivity index (χ4n) is 1.91. The van der Waals surface area contributed by atoms with E-state index in [1.165, 1.54) is 9.13 Å². The van der Waals surface area contributed by atoms with Crippen LogP contribution in [0.1, 0.15) is 0 Å². The van der Waals surface area contributed by atoms with E-state index in [4.69, 9.17) is 11.6 Å². The van der Waals surface area contributed by atoms with Crippen LogP contribution < -0.4 is 5.69 Å². The third-order valence-electron chi connectivity index (χ3n) is 2.78. The first-order valence-electron chi connectivity index (χ1n) is 5.33. The standard InChI is InChI=1S/C12H9ClN4O/c1-16-9-4-5-10(13)15-11(9)17(12(16)18)8-3-2-6-14-7-8/h2-7H,1H3. The summed E-state index contributed by atoms with van der Waals surface area (Å²) >= 11 is 5.89. The van der Waals surface area contributed by atoms with E-state index in [9.17, 15) is 4.79 Å². The number of hydrogen-bond donors (Lipinski definition) is 0. The number of aromatic nitrogens is 4. The van der Waals surface area contributed by atoms with Gasteiger partial charge in [0.1, 0.15) is 5.15 Å². The molecule has 0 radical (unpaired) electrons. The Morgan fingerprint density at radius 1 is 1.28 bits per heavy atom. The largest absolute Gasteiger partial charge is 0.334 e. The summed E-state index contributed by atoms with van der Waals surface area (Å²) in [6.45, 7) is 0. The van der Waals surface area contributed by atoms with Crippen LogP contribution in [0, 0.1) is 0 Å². The molecule has 3 aromatic heterocycles. The molecule has 0 fully saturated rings. The summed E-state index contributed by atoms with van der Waals surface area (Å²) in [5.74, 6) is 0. The number of nitrogens with zero attached hydrogens (tertiary/aromatic N) is 4. The first kappa shape index (κ1) is 11.0. The molecule has 0 bridgehead atoms. The van der Waals surface area contributed by atoms with Gasteiger partial charge in [0.2, 0.25) is 0 Å². The van der Waals surface area contributed by atoms with E-state index in [0.717, 1.165) is 5.52 Å². The van der Waals surface area contributed by atoms with Crippen molar-refractivity contribution < 1.29 is 0 Å². The summed E-state index contributed by atoms with van der Waals surface area (Å²) in [7, 11) is 1.70. The summed E-state index contributed by atoms with van der Waals surface area (Å²) in [5, 5.41) is 0.353. The van der Waals surface area contributed by atoms with Gasteiger partial charge < -0.3 is 0 Å². The average molecular weight is 261 g/mol. The Morgan fingerprint density at radius 3 is 2.83 bits per heavy atom. The van der Waals surface area contributed by atoms with Gasteiger partial charge in [0.05, 0.1) is 17.4 Å². The Kier molecular flexibility index (Phi) is 2.41. The molecule has 6 heteroatoms. The van der Waals surface area contributed by atoms with Crippen molar-refractivity contribution >= 4 is 22.8 Å². The summed E-state index contributed by atoms with van der Waals surface area (Å²) in [5.41, 5.74) is 1.76. The van der Waals surface area contributed by atoms with E-state index < -0.39 is 0 Å². The zero-order valence-corrected chi connectivity index (χ0v) is 10.3. The van der Waals surface area contributed by atoms with Gasteiger partial charge in [-0.05, 0) is 24.3 Å². The molecule has 0 spiro atoms. The highest BCUT2D eigenvalue weighted by Gasteiger charge is 2.13. The molecule has 0 aromatic carbocycles. The molecule has 0 unspecified atom stereocenters. The van der Waals surface area contributed by atoms with Crippen LogP contribution in [0.15, 0.2) is 41.5 Å². The van der Waals surface area contributed by atoms with Gasteiger partial charge in [0, 0.05) is 13.2 Å². The second-order valence-corrected chi connectivity index (χ2v) is 4.25. The lowest BCUT2D eigenvalue weighted by Crippen LogP contribution is -2.21. The van der Waals surface area contributed by atoms with E-state index in [2.05, 4.69) is 9.97 Å². The number of aryl methyl sites for hydroxylation is 1. The Labute approximate surface area is 107 Å². The molecular formula is C12H9ClN4O. The fraction of sp³-hybridized carbons (Fsp3) is 0.0833. The Morgan fingerprint density at radius 2 is 2.11 bits per heavy atom. The van der Waals surface area contributed by atoms with Gasteiger partial charge in [-0.15, -0.1) is 0 Å². The first-order valence-corrected chi connectivity index (χ1v) is 5.70. The van der Waals surface area contributed by atoms with E-state index >= 15 is 0 Å². The minimum absolute atomic E-state index is 0.173. The second-order valence-electron chi connectivity index (χ2n) is 3.86. The van der Waals surface area contributed by atoms with Gasteiger partial charge in [-0.1, -0.05) is 11.6 Å². The summed E-state index contributed by atoms with van der Waals surface area (Å²) in [6, 6.07) is 7.01. The lowest BCUT2D eigenvalue weighted by molar-refractivity contribution is 0.843. The molecule has 0 atom stereocenters. The van der Waals surface area contributed by atoms with Crippen LogP contribution in [0.4, 0.5) is 0 Å². The van der Waals surface area contributed by atoms with Crippen molar-refractivity contribution in [3.8, 4) is 5.69 Å². The molecule has 3 heterocycles. The molecule has 3 aromatic rings. The fourth-order valence-corrected chi connectivity index (χ4v) is 2.05.